The highest BCUT2D eigenvalue weighted by atomic mass is 16.3. The minimum absolute atomic E-state index is 0.0586. The van der Waals surface area contributed by atoms with Crippen molar-refractivity contribution in [3.8, 4) is 0 Å². The lowest BCUT2D eigenvalue weighted by atomic mass is 9.85. The Bertz CT molecular complexity index is 690. The fourth-order valence-electron chi connectivity index (χ4n) is 3.52. The minimum atomic E-state index is -0.0586. The fourth-order valence-corrected chi connectivity index (χ4v) is 3.52. The van der Waals surface area contributed by atoms with Crippen molar-refractivity contribution >= 4 is 16.8 Å². The number of benzene rings is 1. The number of amides is 1. The Morgan fingerprint density at radius 2 is 2.09 bits per heavy atom. The molecule has 1 aliphatic carbocycles. The summed E-state index contributed by atoms with van der Waals surface area (Å²) in [5.74, 6) is 0.126. The van der Waals surface area contributed by atoms with Gasteiger partial charge in [0, 0.05) is 29.5 Å². The number of H-pyrrole nitrogens is 1. The molecule has 1 aromatic carbocycles. The third kappa shape index (κ3) is 2.75. The van der Waals surface area contributed by atoms with Gasteiger partial charge in [0.2, 0.25) is 0 Å². The van der Waals surface area contributed by atoms with Crippen molar-refractivity contribution < 1.29 is 9.90 Å². The van der Waals surface area contributed by atoms with Crippen molar-refractivity contribution in [3.63, 3.8) is 0 Å². The van der Waals surface area contributed by atoms with Crippen LogP contribution in [0.3, 0.4) is 0 Å². The lowest BCUT2D eigenvalue weighted by Crippen LogP contribution is -2.43. The van der Waals surface area contributed by atoms with Gasteiger partial charge in [-0.05, 0) is 44.4 Å². The van der Waals surface area contributed by atoms with E-state index in [9.17, 15) is 9.90 Å². The van der Waals surface area contributed by atoms with E-state index in [0.29, 0.717) is 5.69 Å². The Hall–Kier alpha value is -1.81. The largest absolute Gasteiger partial charge is 0.396 e. The number of fused-ring (bicyclic) bond motifs is 1. The molecule has 3 N–H and O–H groups in total. The van der Waals surface area contributed by atoms with Crippen molar-refractivity contribution in [3.05, 3.63) is 35.0 Å². The molecule has 0 aliphatic heterocycles. The summed E-state index contributed by atoms with van der Waals surface area (Å²) in [6, 6.07) is 6.25. The zero-order chi connectivity index (χ0) is 15.7. The molecule has 4 nitrogen and oxygen atoms in total. The van der Waals surface area contributed by atoms with Crippen molar-refractivity contribution in [1.29, 1.82) is 0 Å². The van der Waals surface area contributed by atoms with Crippen molar-refractivity contribution in [2.24, 2.45) is 5.92 Å². The van der Waals surface area contributed by atoms with E-state index in [1.165, 1.54) is 5.56 Å². The van der Waals surface area contributed by atoms with Gasteiger partial charge in [-0.25, -0.2) is 0 Å². The van der Waals surface area contributed by atoms with Crippen LogP contribution in [0.5, 0.6) is 0 Å². The highest BCUT2D eigenvalue weighted by Crippen LogP contribution is 2.26. The van der Waals surface area contributed by atoms with Crippen LogP contribution in [-0.2, 0) is 0 Å². The van der Waals surface area contributed by atoms with E-state index in [1.807, 2.05) is 19.1 Å². The standard InChI is InChI=1S/C18H24N2O2/c1-11-7-8-16-14(9-11)12(2)17(19-16)18(22)20-15-6-4-3-5-13(15)10-21/h7-9,13,15,19,21H,3-6,10H2,1-2H3,(H,20,22). The summed E-state index contributed by atoms with van der Waals surface area (Å²) >= 11 is 0. The molecule has 2 unspecified atom stereocenters. The van der Waals surface area contributed by atoms with Crippen LogP contribution in [0, 0.1) is 19.8 Å². The molecule has 3 rings (SSSR count). The summed E-state index contributed by atoms with van der Waals surface area (Å²) in [4.78, 5) is 15.9. The van der Waals surface area contributed by atoms with Crippen molar-refractivity contribution in [1.82, 2.24) is 10.3 Å². The van der Waals surface area contributed by atoms with Gasteiger partial charge in [-0.3, -0.25) is 4.79 Å². The van der Waals surface area contributed by atoms with Gasteiger partial charge in [0.05, 0.1) is 0 Å². The zero-order valence-corrected chi connectivity index (χ0v) is 13.3. The number of hydrogen-bond donors (Lipinski definition) is 3. The maximum absolute atomic E-state index is 12.6. The third-order valence-electron chi connectivity index (χ3n) is 4.90. The lowest BCUT2D eigenvalue weighted by Gasteiger charge is -2.30. The molecular formula is C18H24N2O2. The first kappa shape index (κ1) is 15.1. The average Bonchev–Trinajstić information content (AvgIpc) is 2.85. The fraction of sp³-hybridized carbons (Fsp3) is 0.500. The number of carbonyl (C=O) groups is 1. The highest BCUT2D eigenvalue weighted by molar-refractivity contribution is 6.01. The Labute approximate surface area is 130 Å². The zero-order valence-electron chi connectivity index (χ0n) is 13.3. The molecule has 1 heterocycles. The van der Waals surface area contributed by atoms with Crippen LogP contribution in [0.1, 0.15) is 47.3 Å². The predicted octanol–water partition coefficient (Wildman–Crippen LogP) is 3.07. The molecular weight excluding hydrogens is 276 g/mol. The van der Waals surface area contributed by atoms with E-state index >= 15 is 0 Å². The second-order valence-corrected chi connectivity index (χ2v) is 6.48. The summed E-state index contributed by atoms with van der Waals surface area (Å²) in [6.07, 6.45) is 4.20. The summed E-state index contributed by atoms with van der Waals surface area (Å²) in [7, 11) is 0. The first-order valence-corrected chi connectivity index (χ1v) is 8.11. The van der Waals surface area contributed by atoms with Crippen LogP contribution in [0.4, 0.5) is 0 Å². The number of aryl methyl sites for hydroxylation is 2. The van der Waals surface area contributed by atoms with Gasteiger partial charge in [-0.1, -0.05) is 24.5 Å². The number of aliphatic hydroxyl groups excluding tert-OH is 1. The quantitative estimate of drug-likeness (QED) is 0.815. The van der Waals surface area contributed by atoms with Gasteiger partial charge in [0.1, 0.15) is 5.69 Å². The molecule has 0 saturated heterocycles. The van der Waals surface area contributed by atoms with Gasteiger partial charge in [0.25, 0.3) is 5.91 Å². The van der Waals surface area contributed by atoms with Crippen molar-refractivity contribution in [2.75, 3.05) is 6.61 Å². The number of nitrogens with one attached hydrogen (secondary N) is 2. The normalized spacial score (nSPS) is 22.0. The number of aromatic nitrogens is 1. The van der Waals surface area contributed by atoms with Crippen LogP contribution < -0.4 is 5.32 Å². The number of hydrogen-bond acceptors (Lipinski definition) is 2. The third-order valence-corrected chi connectivity index (χ3v) is 4.90. The Balaban J connectivity index is 1.84. The van der Waals surface area contributed by atoms with Gasteiger partial charge in [0.15, 0.2) is 0 Å². The number of aromatic amines is 1. The van der Waals surface area contributed by atoms with Crippen LogP contribution in [0.15, 0.2) is 18.2 Å². The number of carbonyl (C=O) groups excluding carboxylic acids is 1. The molecule has 22 heavy (non-hydrogen) atoms. The molecule has 118 valence electrons. The number of aliphatic hydroxyl groups is 1. The molecule has 2 atom stereocenters. The minimum Gasteiger partial charge on any atom is -0.396 e. The summed E-state index contributed by atoms with van der Waals surface area (Å²) < 4.78 is 0. The Morgan fingerprint density at radius 3 is 2.86 bits per heavy atom. The van der Waals surface area contributed by atoms with Gasteiger partial charge in [-0.2, -0.15) is 0 Å². The lowest BCUT2D eigenvalue weighted by molar-refractivity contribution is 0.0868. The second-order valence-electron chi connectivity index (χ2n) is 6.48. The molecule has 0 spiro atoms. The molecule has 4 heteroatoms. The highest BCUT2D eigenvalue weighted by Gasteiger charge is 2.27. The van der Waals surface area contributed by atoms with E-state index in [0.717, 1.165) is 42.1 Å². The van der Waals surface area contributed by atoms with E-state index in [-0.39, 0.29) is 24.5 Å². The molecule has 1 aromatic heterocycles. The maximum Gasteiger partial charge on any atom is 0.268 e. The molecule has 1 fully saturated rings. The van der Waals surface area contributed by atoms with Gasteiger partial charge >= 0.3 is 0 Å². The predicted molar refractivity (Wildman–Crippen MR) is 88.1 cm³/mol. The van der Waals surface area contributed by atoms with E-state index in [4.69, 9.17) is 0 Å². The smallest absolute Gasteiger partial charge is 0.268 e. The second kappa shape index (κ2) is 6.13. The molecule has 1 aliphatic rings. The SMILES string of the molecule is Cc1ccc2[nH]c(C(=O)NC3CCCCC3CO)c(C)c2c1. The van der Waals surface area contributed by atoms with E-state index < -0.39 is 0 Å². The van der Waals surface area contributed by atoms with Gasteiger partial charge < -0.3 is 15.4 Å². The first-order valence-electron chi connectivity index (χ1n) is 8.11. The topological polar surface area (TPSA) is 65.1 Å². The Morgan fingerprint density at radius 1 is 1.32 bits per heavy atom. The summed E-state index contributed by atoms with van der Waals surface area (Å²) in [5, 5.41) is 13.7. The maximum atomic E-state index is 12.6. The summed E-state index contributed by atoms with van der Waals surface area (Å²) in [6.45, 7) is 4.19. The first-order chi connectivity index (χ1) is 10.6. The molecule has 0 bridgehead atoms. The van der Waals surface area contributed by atoms with Crippen LogP contribution >= 0.6 is 0 Å². The molecule has 2 aromatic rings. The molecule has 1 amide bonds. The van der Waals surface area contributed by atoms with Crippen molar-refractivity contribution in [2.45, 2.75) is 45.6 Å². The van der Waals surface area contributed by atoms with E-state index in [2.05, 4.69) is 23.3 Å². The monoisotopic (exact) mass is 300 g/mol. The van der Waals surface area contributed by atoms with Crippen LogP contribution in [0.2, 0.25) is 0 Å². The Kier molecular flexibility index (Phi) is 4.21. The molecule has 0 radical (unpaired) electrons. The van der Waals surface area contributed by atoms with Gasteiger partial charge in [-0.15, -0.1) is 0 Å². The van der Waals surface area contributed by atoms with E-state index in [1.54, 1.807) is 0 Å². The summed E-state index contributed by atoms with van der Waals surface area (Å²) in [5.41, 5.74) is 3.82. The molecule has 1 saturated carbocycles. The van der Waals surface area contributed by atoms with Crippen LogP contribution in [0.25, 0.3) is 10.9 Å². The number of rotatable bonds is 3. The van der Waals surface area contributed by atoms with Crippen LogP contribution in [-0.4, -0.2) is 28.6 Å². The average molecular weight is 300 g/mol.